The smallest absolute Gasteiger partial charge is 0.0705 e. The number of hydrogen-bond acceptors (Lipinski definition) is 1. The molecule has 2 N–H and O–H groups in total. The van der Waals surface area contributed by atoms with Crippen LogP contribution in [-0.2, 0) is 6.54 Å². The molecule has 0 spiro atoms. The predicted molar refractivity (Wildman–Crippen MR) is 88.4 cm³/mol. The van der Waals surface area contributed by atoms with Crippen LogP contribution < -0.4 is 5.32 Å². The quantitative estimate of drug-likeness (QED) is 0.605. The van der Waals surface area contributed by atoms with Gasteiger partial charge in [0.1, 0.15) is 0 Å². The number of halogens is 1. The second-order valence-corrected chi connectivity index (χ2v) is 5.79. The van der Waals surface area contributed by atoms with Crippen molar-refractivity contribution in [2.24, 2.45) is 0 Å². The third kappa shape index (κ3) is 4.26. The molecule has 2 nitrogen and oxygen atoms in total. The SMILES string of the molecule is CCCCCCCCNCc1[nH]c2ccccc2c1Cl. The van der Waals surface area contributed by atoms with Gasteiger partial charge in [-0.3, -0.25) is 0 Å². The van der Waals surface area contributed by atoms with Crippen LogP contribution >= 0.6 is 11.6 Å². The molecular formula is C17H25ClN2. The highest BCUT2D eigenvalue weighted by molar-refractivity contribution is 6.36. The molecular weight excluding hydrogens is 268 g/mol. The predicted octanol–water partition coefficient (Wildman–Crippen LogP) is 5.27. The molecule has 0 atom stereocenters. The average molecular weight is 293 g/mol. The van der Waals surface area contributed by atoms with Crippen molar-refractivity contribution in [3.8, 4) is 0 Å². The van der Waals surface area contributed by atoms with Gasteiger partial charge in [-0.25, -0.2) is 0 Å². The third-order valence-electron chi connectivity index (χ3n) is 3.72. The number of rotatable bonds is 9. The number of fused-ring (bicyclic) bond motifs is 1. The first-order valence-electron chi connectivity index (χ1n) is 7.78. The molecule has 0 saturated carbocycles. The Kier molecular flexibility index (Phi) is 6.41. The molecule has 0 radical (unpaired) electrons. The van der Waals surface area contributed by atoms with Gasteiger partial charge in [0.2, 0.25) is 0 Å². The van der Waals surface area contributed by atoms with Crippen molar-refractivity contribution >= 4 is 22.5 Å². The Morgan fingerprint density at radius 3 is 2.60 bits per heavy atom. The number of aromatic amines is 1. The second kappa shape index (κ2) is 8.33. The summed E-state index contributed by atoms with van der Waals surface area (Å²) < 4.78 is 0. The molecule has 0 bridgehead atoms. The zero-order valence-corrected chi connectivity index (χ0v) is 13.1. The summed E-state index contributed by atoms with van der Waals surface area (Å²) >= 11 is 6.38. The minimum absolute atomic E-state index is 0.822. The van der Waals surface area contributed by atoms with Gasteiger partial charge in [-0.2, -0.15) is 0 Å². The van der Waals surface area contributed by atoms with Crippen molar-refractivity contribution in [3.05, 3.63) is 35.0 Å². The van der Waals surface area contributed by atoms with E-state index in [-0.39, 0.29) is 0 Å². The molecule has 0 fully saturated rings. The first kappa shape index (κ1) is 15.4. The Hall–Kier alpha value is -0.990. The molecule has 1 aromatic carbocycles. The number of benzene rings is 1. The number of aromatic nitrogens is 1. The van der Waals surface area contributed by atoms with Crippen molar-refractivity contribution < 1.29 is 0 Å². The maximum atomic E-state index is 6.38. The van der Waals surface area contributed by atoms with Gasteiger partial charge in [0.25, 0.3) is 0 Å². The lowest BCUT2D eigenvalue weighted by Gasteiger charge is -2.04. The summed E-state index contributed by atoms with van der Waals surface area (Å²) in [4.78, 5) is 3.39. The lowest BCUT2D eigenvalue weighted by atomic mass is 10.1. The third-order valence-corrected chi connectivity index (χ3v) is 4.15. The largest absolute Gasteiger partial charge is 0.356 e. The monoisotopic (exact) mass is 292 g/mol. The van der Waals surface area contributed by atoms with Crippen LogP contribution in [0.4, 0.5) is 0 Å². The summed E-state index contributed by atoms with van der Waals surface area (Å²) in [5.41, 5.74) is 2.22. The fraction of sp³-hybridized carbons (Fsp3) is 0.529. The van der Waals surface area contributed by atoms with Crippen molar-refractivity contribution in [1.29, 1.82) is 0 Å². The summed E-state index contributed by atoms with van der Waals surface area (Å²) in [6.07, 6.45) is 8.01. The van der Waals surface area contributed by atoms with Crippen LogP contribution in [0.2, 0.25) is 5.02 Å². The first-order chi connectivity index (χ1) is 9.83. The Labute approximate surface area is 126 Å². The summed E-state index contributed by atoms with van der Waals surface area (Å²) in [5, 5.41) is 5.45. The molecule has 0 amide bonds. The van der Waals surface area contributed by atoms with Crippen LogP contribution in [0, 0.1) is 0 Å². The maximum absolute atomic E-state index is 6.38. The van der Waals surface area contributed by atoms with Gasteiger partial charge in [0.15, 0.2) is 0 Å². The number of H-pyrrole nitrogens is 1. The summed E-state index contributed by atoms with van der Waals surface area (Å²) in [5.74, 6) is 0. The van der Waals surface area contributed by atoms with E-state index in [1.807, 2.05) is 12.1 Å². The van der Waals surface area contributed by atoms with E-state index < -0.39 is 0 Å². The van der Waals surface area contributed by atoms with E-state index in [1.165, 1.54) is 38.5 Å². The minimum atomic E-state index is 0.822. The van der Waals surface area contributed by atoms with Crippen LogP contribution in [-0.4, -0.2) is 11.5 Å². The lowest BCUT2D eigenvalue weighted by Crippen LogP contribution is -2.15. The van der Waals surface area contributed by atoms with Crippen molar-refractivity contribution in [2.45, 2.75) is 52.0 Å². The summed E-state index contributed by atoms with van der Waals surface area (Å²) in [6, 6.07) is 8.18. The molecule has 20 heavy (non-hydrogen) atoms. The van der Waals surface area contributed by atoms with Crippen LogP contribution in [0.1, 0.15) is 51.1 Å². The van der Waals surface area contributed by atoms with E-state index in [2.05, 4.69) is 29.4 Å². The van der Waals surface area contributed by atoms with Crippen molar-refractivity contribution in [3.63, 3.8) is 0 Å². The highest BCUT2D eigenvalue weighted by Crippen LogP contribution is 2.26. The fourth-order valence-electron chi connectivity index (χ4n) is 2.53. The van der Waals surface area contributed by atoms with Crippen LogP contribution in [0.3, 0.4) is 0 Å². The van der Waals surface area contributed by atoms with Crippen LogP contribution in [0.5, 0.6) is 0 Å². The minimum Gasteiger partial charge on any atom is -0.356 e. The van der Waals surface area contributed by atoms with E-state index in [1.54, 1.807) is 0 Å². The molecule has 1 heterocycles. The van der Waals surface area contributed by atoms with E-state index in [4.69, 9.17) is 11.6 Å². The Morgan fingerprint density at radius 2 is 1.80 bits per heavy atom. The van der Waals surface area contributed by atoms with Crippen molar-refractivity contribution in [2.75, 3.05) is 6.54 Å². The second-order valence-electron chi connectivity index (χ2n) is 5.41. The fourth-order valence-corrected chi connectivity index (χ4v) is 2.81. The Bertz CT molecular complexity index is 519. The van der Waals surface area contributed by atoms with Crippen LogP contribution in [0.15, 0.2) is 24.3 Å². The molecule has 0 saturated heterocycles. The molecule has 3 heteroatoms. The first-order valence-corrected chi connectivity index (χ1v) is 8.16. The average Bonchev–Trinajstić information content (AvgIpc) is 2.79. The highest BCUT2D eigenvalue weighted by Gasteiger charge is 2.07. The molecule has 110 valence electrons. The van der Waals surface area contributed by atoms with Crippen molar-refractivity contribution in [1.82, 2.24) is 10.3 Å². The Balaban J connectivity index is 1.69. The number of hydrogen-bond donors (Lipinski definition) is 2. The molecule has 0 unspecified atom stereocenters. The number of para-hydroxylation sites is 1. The molecule has 0 aliphatic rings. The van der Waals surface area contributed by atoms with Gasteiger partial charge in [-0.05, 0) is 19.0 Å². The van der Waals surface area contributed by atoms with Gasteiger partial charge in [0.05, 0.1) is 5.02 Å². The van der Waals surface area contributed by atoms with E-state index in [0.717, 1.165) is 34.7 Å². The number of nitrogens with one attached hydrogen (secondary N) is 2. The molecule has 2 aromatic rings. The maximum Gasteiger partial charge on any atom is 0.0705 e. The number of unbranched alkanes of at least 4 members (excludes halogenated alkanes) is 5. The topological polar surface area (TPSA) is 27.8 Å². The van der Waals surface area contributed by atoms with Gasteiger partial charge < -0.3 is 10.3 Å². The van der Waals surface area contributed by atoms with Gasteiger partial charge >= 0.3 is 0 Å². The van der Waals surface area contributed by atoms with Gasteiger partial charge in [-0.15, -0.1) is 0 Å². The van der Waals surface area contributed by atoms with E-state index in [9.17, 15) is 0 Å². The summed E-state index contributed by atoms with van der Waals surface area (Å²) in [7, 11) is 0. The highest BCUT2D eigenvalue weighted by atomic mass is 35.5. The van der Waals surface area contributed by atoms with Gasteiger partial charge in [0, 0.05) is 23.1 Å². The van der Waals surface area contributed by atoms with Crippen LogP contribution in [0.25, 0.3) is 10.9 Å². The zero-order valence-electron chi connectivity index (χ0n) is 12.3. The van der Waals surface area contributed by atoms with E-state index in [0.29, 0.717) is 0 Å². The normalized spacial score (nSPS) is 11.3. The standard InChI is InChI=1S/C17H25ClN2/c1-2-3-4-5-6-9-12-19-13-16-17(18)14-10-7-8-11-15(14)20-16/h7-8,10-11,19-20H,2-6,9,12-13H2,1H3. The van der Waals surface area contributed by atoms with Gasteiger partial charge in [-0.1, -0.05) is 68.8 Å². The molecule has 0 aliphatic heterocycles. The van der Waals surface area contributed by atoms with E-state index >= 15 is 0 Å². The lowest BCUT2D eigenvalue weighted by molar-refractivity contribution is 0.570. The Morgan fingerprint density at radius 1 is 1.05 bits per heavy atom. The molecule has 1 aromatic heterocycles. The zero-order chi connectivity index (χ0) is 14.2. The molecule has 0 aliphatic carbocycles. The molecule has 2 rings (SSSR count). The summed E-state index contributed by atoms with van der Waals surface area (Å²) in [6.45, 7) is 4.14.